The average molecular weight is 263 g/mol. The zero-order chi connectivity index (χ0) is 14.3. The van der Waals surface area contributed by atoms with E-state index in [2.05, 4.69) is 0 Å². The summed E-state index contributed by atoms with van der Waals surface area (Å²) in [7, 11) is 0. The van der Waals surface area contributed by atoms with Gasteiger partial charge >= 0.3 is 11.9 Å². The molecule has 0 aromatic heterocycles. The van der Waals surface area contributed by atoms with E-state index in [9.17, 15) is 9.59 Å². The molecule has 0 radical (unpaired) electrons. The molecule has 0 fully saturated rings. The summed E-state index contributed by atoms with van der Waals surface area (Å²) >= 11 is 0. The maximum absolute atomic E-state index is 11.3. The molecule has 0 saturated heterocycles. The van der Waals surface area contributed by atoms with E-state index in [0.717, 1.165) is 11.6 Å². The van der Waals surface area contributed by atoms with Crippen molar-refractivity contribution < 1.29 is 19.4 Å². The molecule has 5 heteroatoms. The molecule has 0 amide bonds. The van der Waals surface area contributed by atoms with E-state index in [0.29, 0.717) is 24.3 Å². The summed E-state index contributed by atoms with van der Waals surface area (Å²) in [6.45, 7) is 2.10. The summed E-state index contributed by atoms with van der Waals surface area (Å²) in [5.74, 6) is -1.32. The smallest absolute Gasteiger partial charge is 0.328 e. The Labute approximate surface area is 111 Å². The van der Waals surface area contributed by atoms with E-state index in [-0.39, 0.29) is 12.4 Å². The largest absolute Gasteiger partial charge is 0.478 e. The Morgan fingerprint density at radius 3 is 2.79 bits per heavy atom. The molecule has 102 valence electrons. The molecule has 3 N–H and O–H groups in total. The second-order valence-electron chi connectivity index (χ2n) is 3.90. The van der Waals surface area contributed by atoms with Gasteiger partial charge in [0.25, 0.3) is 0 Å². The maximum Gasteiger partial charge on any atom is 0.328 e. The van der Waals surface area contributed by atoms with E-state index in [4.69, 9.17) is 15.6 Å². The summed E-state index contributed by atoms with van der Waals surface area (Å²) in [6, 6.07) is 5.28. The van der Waals surface area contributed by atoms with Crippen molar-refractivity contribution in [2.24, 2.45) is 0 Å². The molecule has 5 nitrogen and oxygen atoms in total. The third kappa shape index (κ3) is 4.83. The fraction of sp³-hybridized carbons (Fsp3) is 0.286. The Morgan fingerprint density at radius 1 is 1.42 bits per heavy atom. The van der Waals surface area contributed by atoms with Crippen LogP contribution >= 0.6 is 0 Å². The number of anilines is 1. The lowest BCUT2D eigenvalue weighted by molar-refractivity contribution is -0.143. The second kappa shape index (κ2) is 7.20. The number of hydrogen-bond acceptors (Lipinski definition) is 4. The summed E-state index contributed by atoms with van der Waals surface area (Å²) in [5.41, 5.74) is 7.76. The Balaban J connectivity index is 2.85. The van der Waals surface area contributed by atoms with Crippen LogP contribution in [0, 0.1) is 0 Å². The number of aliphatic carboxylic acids is 1. The first kappa shape index (κ1) is 14.8. The van der Waals surface area contributed by atoms with Gasteiger partial charge in [-0.3, -0.25) is 4.79 Å². The molecule has 0 saturated carbocycles. The molecule has 0 spiro atoms. The Kier molecular flexibility index (Phi) is 5.60. The van der Waals surface area contributed by atoms with Gasteiger partial charge in [0.2, 0.25) is 0 Å². The van der Waals surface area contributed by atoms with Crippen molar-refractivity contribution in [3.05, 3.63) is 35.4 Å². The highest BCUT2D eigenvalue weighted by atomic mass is 16.5. The lowest BCUT2D eigenvalue weighted by Gasteiger charge is -2.08. The zero-order valence-corrected chi connectivity index (χ0v) is 10.8. The van der Waals surface area contributed by atoms with Crippen LogP contribution in [0.3, 0.4) is 0 Å². The number of rotatable bonds is 6. The first-order valence-electron chi connectivity index (χ1n) is 5.98. The number of esters is 1. The summed E-state index contributed by atoms with van der Waals surface area (Å²) < 4.78 is 4.85. The van der Waals surface area contributed by atoms with Crippen LogP contribution in [0.5, 0.6) is 0 Å². The molecule has 1 aromatic carbocycles. The van der Waals surface area contributed by atoms with Gasteiger partial charge in [-0.25, -0.2) is 4.79 Å². The monoisotopic (exact) mass is 263 g/mol. The van der Waals surface area contributed by atoms with E-state index in [1.807, 2.05) is 6.07 Å². The average Bonchev–Trinajstić information content (AvgIpc) is 2.35. The van der Waals surface area contributed by atoms with Gasteiger partial charge in [-0.15, -0.1) is 0 Å². The first-order valence-corrected chi connectivity index (χ1v) is 5.98. The fourth-order valence-corrected chi connectivity index (χ4v) is 1.68. The highest BCUT2D eigenvalue weighted by Crippen LogP contribution is 2.20. The zero-order valence-electron chi connectivity index (χ0n) is 10.8. The number of carbonyl (C=O) groups excluding carboxylic acids is 1. The molecular weight excluding hydrogens is 246 g/mol. The Bertz CT molecular complexity index is 494. The van der Waals surface area contributed by atoms with Crippen molar-refractivity contribution in [3.8, 4) is 0 Å². The SMILES string of the molecule is CCOC(=O)CCc1cccc(N)c1/C=C/C(=O)O. The molecule has 19 heavy (non-hydrogen) atoms. The lowest BCUT2D eigenvalue weighted by Crippen LogP contribution is -2.06. The molecule has 1 aromatic rings. The van der Waals surface area contributed by atoms with Crippen LogP contribution in [0.1, 0.15) is 24.5 Å². The van der Waals surface area contributed by atoms with Crippen LogP contribution in [0.15, 0.2) is 24.3 Å². The number of nitrogen functional groups attached to an aromatic ring is 1. The van der Waals surface area contributed by atoms with Gasteiger partial charge in [-0.2, -0.15) is 0 Å². The molecular formula is C14H17NO4. The molecule has 0 aliphatic heterocycles. The molecule has 0 bridgehead atoms. The van der Waals surface area contributed by atoms with Crippen molar-refractivity contribution in [1.82, 2.24) is 0 Å². The number of nitrogens with two attached hydrogens (primary N) is 1. The topological polar surface area (TPSA) is 89.6 Å². The molecule has 0 atom stereocenters. The Morgan fingerprint density at radius 2 is 2.16 bits per heavy atom. The van der Waals surface area contributed by atoms with Gasteiger partial charge < -0.3 is 15.6 Å². The summed E-state index contributed by atoms with van der Waals surface area (Å²) in [4.78, 5) is 21.9. The molecule has 0 unspecified atom stereocenters. The van der Waals surface area contributed by atoms with Crippen molar-refractivity contribution in [2.45, 2.75) is 19.8 Å². The van der Waals surface area contributed by atoms with Gasteiger partial charge in [0.05, 0.1) is 6.61 Å². The quantitative estimate of drug-likeness (QED) is 0.464. The number of carbonyl (C=O) groups is 2. The minimum absolute atomic E-state index is 0.241. The molecule has 0 heterocycles. The third-order valence-corrected chi connectivity index (χ3v) is 2.53. The normalized spacial score (nSPS) is 10.6. The van der Waals surface area contributed by atoms with Crippen LogP contribution in [0.4, 0.5) is 5.69 Å². The van der Waals surface area contributed by atoms with E-state index in [1.54, 1.807) is 19.1 Å². The van der Waals surface area contributed by atoms with Crippen LogP contribution in [-0.4, -0.2) is 23.7 Å². The van der Waals surface area contributed by atoms with Gasteiger partial charge in [-0.05, 0) is 31.1 Å². The molecule has 0 aliphatic carbocycles. The maximum atomic E-state index is 11.3. The van der Waals surface area contributed by atoms with Crippen LogP contribution in [0.25, 0.3) is 6.08 Å². The number of ether oxygens (including phenoxy) is 1. The predicted octanol–water partition coefficient (Wildman–Crippen LogP) is 1.86. The van der Waals surface area contributed by atoms with E-state index in [1.165, 1.54) is 6.08 Å². The standard InChI is InChI=1S/C14H17NO4/c1-2-19-14(18)9-6-10-4-3-5-12(15)11(10)7-8-13(16)17/h3-5,7-8H,2,6,9,15H2,1H3,(H,16,17)/b8-7+. The lowest BCUT2D eigenvalue weighted by atomic mass is 10.0. The number of carboxylic acid groups (broad SMARTS) is 1. The van der Waals surface area contributed by atoms with Crippen LogP contribution < -0.4 is 5.73 Å². The number of benzene rings is 1. The molecule has 1 rings (SSSR count). The minimum atomic E-state index is -1.04. The first-order chi connectivity index (χ1) is 9.04. The fourth-order valence-electron chi connectivity index (χ4n) is 1.68. The van der Waals surface area contributed by atoms with Crippen LogP contribution in [-0.2, 0) is 20.7 Å². The highest BCUT2D eigenvalue weighted by Gasteiger charge is 2.07. The number of carboxylic acids is 1. The number of aryl methyl sites for hydroxylation is 1. The van der Waals surface area contributed by atoms with E-state index >= 15 is 0 Å². The minimum Gasteiger partial charge on any atom is -0.478 e. The van der Waals surface area contributed by atoms with Crippen molar-refractivity contribution in [3.63, 3.8) is 0 Å². The van der Waals surface area contributed by atoms with Crippen molar-refractivity contribution in [1.29, 1.82) is 0 Å². The second-order valence-corrected chi connectivity index (χ2v) is 3.90. The van der Waals surface area contributed by atoms with E-state index < -0.39 is 5.97 Å². The third-order valence-electron chi connectivity index (χ3n) is 2.53. The van der Waals surface area contributed by atoms with Gasteiger partial charge in [0.1, 0.15) is 0 Å². The van der Waals surface area contributed by atoms with Gasteiger partial charge in [-0.1, -0.05) is 12.1 Å². The Hall–Kier alpha value is -2.30. The van der Waals surface area contributed by atoms with Gasteiger partial charge in [0, 0.05) is 23.7 Å². The predicted molar refractivity (Wildman–Crippen MR) is 72.5 cm³/mol. The van der Waals surface area contributed by atoms with Gasteiger partial charge in [0.15, 0.2) is 0 Å². The number of hydrogen-bond donors (Lipinski definition) is 2. The summed E-state index contributed by atoms with van der Waals surface area (Å²) in [5, 5.41) is 8.64. The highest BCUT2D eigenvalue weighted by molar-refractivity contribution is 5.87. The van der Waals surface area contributed by atoms with Crippen LogP contribution in [0.2, 0.25) is 0 Å². The summed E-state index contributed by atoms with van der Waals surface area (Å²) in [6.07, 6.45) is 3.17. The molecule has 0 aliphatic rings. The van der Waals surface area contributed by atoms with Crippen molar-refractivity contribution in [2.75, 3.05) is 12.3 Å². The van der Waals surface area contributed by atoms with Crippen molar-refractivity contribution >= 4 is 23.7 Å².